The zero-order valence-electron chi connectivity index (χ0n) is 11.4. The molecule has 0 aliphatic rings. The van der Waals surface area contributed by atoms with Gasteiger partial charge < -0.3 is 4.90 Å². The molecule has 6 heteroatoms. The van der Waals surface area contributed by atoms with Gasteiger partial charge in [0, 0.05) is 44.3 Å². The lowest BCUT2D eigenvalue weighted by Gasteiger charge is -2.15. The number of carbonyl (C=O) groups excluding carboxylic acids is 1. The molecule has 2 aromatic rings. The van der Waals surface area contributed by atoms with Crippen molar-refractivity contribution in [1.82, 2.24) is 4.90 Å². The van der Waals surface area contributed by atoms with Gasteiger partial charge in [0.25, 0.3) is 0 Å². The van der Waals surface area contributed by atoms with E-state index in [1.165, 1.54) is 4.88 Å². The van der Waals surface area contributed by atoms with E-state index in [1.807, 2.05) is 13.1 Å². The van der Waals surface area contributed by atoms with Crippen LogP contribution >= 0.6 is 54.8 Å². The van der Waals surface area contributed by atoms with Crippen LogP contribution in [0.4, 0.5) is 0 Å². The van der Waals surface area contributed by atoms with Crippen LogP contribution in [0.25, 0.3) is 0 Å². The van der Waals surface area contributed by atoms with Crippen molar-refractivity contribution in [1.29, 1.82) is 0 Å². The zero-order valence-corrected chi connectivity index (χ0v) is 16.2. The van der Waals surface area contributed by atoms with E-state index >= 15 is 0 Å². The van der Waals surface area contributed by atoms with Crippen molar-refractivity contribution in [2.75, 3.05) is 13.6 Å². The molecule has 0 aliphatic heterocycles. The molecule has 0 unspecified atom stereocenters. The molecule has 0 atom stereocenters. The Hall–Kier alpha value is -0.200. The monoisotopic (exact) mass is 449 g/mol. The summed E-state index contributed by atoms with van der Waals surface area (Å²) >= 11 is 14.6. The number of hydrogen-bond donors (Lipinski definition) is 0. The molecule has 1 aromatic heterocycles. The summed E-state index contributed by atoms with van der Waals surface area (Å²) in [5, 5.41) is 2.56. The summed E-state index contributed by atoms with van der Waals surface area (Å²) in [7, 11) is 2.02. The predicted octanol–water partition coefficient (Wildman–Crippen LogP) is 5.63. The first-order valence-electron chi connectivity index (χ1n) is 6.35. The summed E-state index contributed by atoms with van der Waals surface area (Å²) in [6, 6.07) is 7.47. The van der Waals surface area contributed by atoms with Gasteiger partial charge in [0.15, 0.2) is 5.78 Å². The van der Waals surface area contributed by atoms with Crippen molar-refractivity contribution in [3.05, 3.63) is 54.1 Å². The van der Waals surface area contributed by atoms with Crippen molar-refractivity contribution in [3.63, 3.8) is 0 Å². The van der Waals surface area contributed by atoms with E-state index in [1.54, 1.807) is 23.5 Å². The van der Waals surface area contributed by atoms with Crippen LogP contribution in [-0.4, -0.2) is 24.3 Å². The molecule has 0 saturated carbocycles. The first kappa shape index (κ1) is 17.2. The Morgan fingerprint density at radius 3 is 2.67 bits per heavy atom. The first-order valence-corrected chi connectivity index (χ1v) is 9.20. The largest absolute Gasteiger partial charge is 0.301 e. The average molecular weight is 452 g/mol. The molecule has 0 aliphatic carbocycles. The fourth-order valence-corrected chi connectivity index (χ4v) is 4.23. The van der Waals surface area contributed by atoms with E-state index < -0.39 is 0 Å². The summed E-state index contributed by atoms with van der Waals surface area (Å²) in [6.07, 6.45) is 0.463. The SMILES string of the molecule is CN(CCC(=O)c1ccc(Br)cc1Cl)Cc1cc(Br)cs1. The molecule has 0 N–H and O–H groups in total. The van der Waals surface area contributed by atoms with Gasteiger partial charge in [0.2, 0.25) is 0 Å². The highest BCUT2D eigenvalue weighted by Crippen LogP contribution is 2.23. The molecule has 21 heavy (non-hydrogen) atoms. The summed E-state index contributed by atoms with van der Waals surface area (Å²) in [5.74, 6) is 0.0757. The standard InChI is InChI=1S/C15H14Br2ClNOS/c1-19(8-12-6-11(17)9-21-12)5-4-15(20)13-3-2-10(16)7-14(13)18/h2-3,6-7,9H,4-5,8H2,1H3. The lowest BCUT2D eigenvalue weighted by Crippen LogP contribution is -2.21. The second kappa shape index (κ2) is 7.88. The fraction of sp³-hybridized carbons (Fsp3) is 0.267. The second-order valence-electron chi connectivity index (χ2n) is 4.77. The number of ketones is 1. The topological polar surface area (TPSA) is 20.3 Å². The maximum Gasteiger partial charge on any atom is 0.165 e. The molecule has 2 rings (SSSR count). The number of nitrogens with zero attached hydrogens (tertiary/aromatic N) is 1. The van der Waals surface area contributed by atoms with Crippen molar-refractivity contribution in [3.8, 4) is 0 Å². The number of hydrogen-bond acceptors (Lipinski definition) is 3. The molecular weight excluding hydrogens is 437 g/mol. The zero-order chi connectivity index (χ0) is 15.4. The molecule has 1 heterocycles. The molecule has 0 fully saturated rings. The third-order valence-corrected chi connectivity index (χ3v) is 5.49. The molecule has 112 valence electrons. The van der Waals surface area contributed by atoms with Gasteiger partial charge in [-0.05, 0) is 47.2 Å². The van der Waals surface area contributed by atoms with Crippen LogP contribution in [0.15, 0.2) is 38.6 Å². The Morgan fingerprint density at radius 1 is 1.29 bits per heavy atom. The third-order valence-electron chi connectivity index (χ3n) is 3.00. The molecule has 0 amide bonds. The van der Waals surface area contributed by atoms with E-state index in [0.717, 1.165) is 15.5 Å². The highest BCUT2D eigenvalue weighted by molar-refractivity contribution is 9.10. The Morgan fingerprint density at radius 2 is 2.05 bits per heavy atom. The Balaban J connectivity index is 1.88. The minimum atomic E-state index is 0.0757. The fourth-order valence-electron chi connectivity index (χ4n) is 1.92. The van der Waals surface area contributed by atoms with Gasteiger partial charge in [0.1, 0.15) is 0 Å². The van der Waals surface area contributed by atoms with Gasteiger partial charge in [-0.15, -0.1) is 11.3 Å². The third kappa shape index (κ3) is 5.18. The predicted molar refractivity (Wildman–Crippen MR) is 96.5 cm³/mol. The van der Waals surface area contributed by atoms with Crippen molar-refractivity contribution >= 4 is 60.6 Å². The number of Topliss-reactive ketones (excluding diaryl/α,β-unsaturated/α-hetero) is 1. The van der Waals surface area contributed by atoms with Crippen LogP contribution in [-0.2, 0) is 6.54 Å². The average Bonchev–Trinajstić information content (AvgIpc) is 2.81. The maximum absolute atomic E-state index is 12.2. The van der Waals surface area contributed by atoms with Crippen LogP contribution in [0.3, 0.4) is 0 Å². The summed E-state index contributed by atoms with van der Waals surface area (Å²) in [4.78, 5) is 15.6. The lowest BCUT2D eigenvalue weighted by atomic mass is 10.1. The smallest absolute Gasteiger partial charge is 0.165 e. The van der Waals surface area contributed by atoms with Crippen molar-refractivity contribution in [2.45, 2.75) is 13.0 Å². The van der Waals surface area contributed by atoms with Gasteiger partial charge in [-0.25, -0.2) is 0 Å². The molecule has 0 saturated heterocycles. The van der Waals surface area contributed by atoms with Gasteiger partial charge in [0.05, 0.1) is 5.02 Å². The Bertz CT molecular complexity index is 644. The first-order chi connectivity index (χ1) is 9.95. The number of carbonyl (C=O) groups is 1. The van der Waals surface area contributed by atoms with Gasteiger partial charge >= 0.3 is 0 Å². The Labute approximate surface area is 150 Å². The van der Waals surface area contributed by atoms with E-state index in [9.17, 15) is 4.79 Å². The highest BCUT2D eigenvalue weighted by atomic mass is 79.9. The maximum atomic E-state index is 12.2. The Kier molecular flexibility index (Phi) is 6.44. The number of halogens is 3. The minimum Gasteiger partial charge on any atom is -0.301 e. The summed E-state index contributed by atoms with van der Waals surface area (Å²) in [5.41, 5.74) is 0.590. The summed E-state index contributed by atoms with van der Waals surface area (Å²) in [6.45, 7) is 1.55. The normalized spacial score (nSPS) is 11.1. The van der Waals surface area contributed by atoms with E-state index in [4.69, 9.17) is 11.6 Å². The molecule has 0 radical (unpaired) electrons. The van der Waals surface area contributed by atoms with Crippen LogP contribution in [0, 0.1) is 0 Å². The molecule has 0 spiro atoms. The van der Waals surface area contributed by atoms with Crippen LogP contribution in [0.2, 0.25) is 5.02 Å². The lowest BCUT2D eigenvalue weighted by molar-refractivity contribution is 0.0968. The van der Waals surface area contributed by atoms with Gasteiger partial charge in [-0.1, -0.05) is 27.5 Å². The van der Waals surface area contributed by atoms with Crippen molar-refractivity contribution < 1.29 is 4.79 Å². The van der Waals surface area contributed by atoms with E-state index in [2.05, 4.69) is 48.2 Å². The molecule has 2 nitrogen and oxygen atoms in total. The number of benzene rings is 1. The van der Waals surface area contributed by atoms with Gasteiger partial charge in [-0.3, -0.25) is 4.79 Å². The van der Waals surface area contributed by atoms with Gasteiger partial charge in [-0.2, -0.15) is 0 Å². The number of thiophene rings is 1. The number of rotatable bonds is 6. The van der Waals surface area contributed by atoms with Crippen LogP contribution in [0.1, 0.15) is 21.7 Å². The molecule has 1 aromatic carbocycles. The molecule has 0 bridgehead atoms. The molecular formula is C15H14Br2ClNOS. The van der Waals surface area contributed by atoms with E-state index in [0.29, 0.717) is 23.6 Å². The van der Waals surface area contributed by atoms with E-state index in [-0.39, 0.29) is 5.78 Å². The summed E-state index contributed by atoms with van der Waals surface area (Å²) < 4.78 is 1.98. The van der Waals surface area contributed by atoms with Crippen LogP contribution in [0.5, 0.6) is 0 Å². The quantitative estimate of drug-likeness (QED) is 0.531. The van der Waals surface area contributed by atoms with Crippen LogP contribution < -0.4 is 0 Å². The minimum absolute atomic E-state index is 0.0757. The second-order valence-corrected chi connectivity index (χ2v) is 8.00. The van der Waals surface area contributed by atoms with Crippen molar-refractivity contribution in [2.24, 2.45) is 0 Å². The highest BCUT2D eigenvalue weighted by Gasteiger charge is 2.12.